The van der Waals surface area contributed by atoms with Gasteiger partial charge in [-0.15, -0.1) is 0 Å². The van der Waals surface area contributed by atoms with Gasteiger partial charge in [-0.3, -0.25) is 9.78 Å². The topological polar surface area (TPSA) is 77.0 Å². The van der Waals surface area contributed by atoms with E-state index in [-0.39, 0.29) is 17.4 Å². The Balaban J connectivity index is 1.42. The largest absolute Gasteiger partial charge is 0.497 e. The van der Waals surface area contributed by atoms with Crippen molar-refractivity contribution in [2.24, 2.45) is 5.41 Å². The van der Waals surface area contributed by atoms with Gasteiger partial charge in [0.15, 0.2) is 5.82 Å². The highest BCUT2D eigenvalue weighted by Crippen LogP contribution is 2.40. The molecule has 0 radical (unpaired) electrons. The quantitative estimate of drug-likeness (QED) is 0.554. The van der Waals surface area contributed by atoms with Gasteiger partial charge in [-0.05, 0) is 73.4 Å². The number of rotatable bonds is 7. The molecule has 0 saturated carbocycles. The molecule has 6 heteroatoms. The van der Waals surface area contributed by atoms with Gasteiger partial charge in [0, 0.05) is 36.1 Å². The van der Waals surface area contributed by atoms with E-state index in [4.69, 9.17) is 9.72 Å². The summed E-state index contributed by atoms with van der Waals surface area (Å²) in [5.41, 5.74) is 5.50. The molecule has 1 aromatic carbocycles. The van der Waals surface area contributed by atoms with Crippen LogP contribution in [-0.4, -0.2) is 28.0 Å². The zero-order valence-electron chi connectivity index (χ0n) is 19.9. The van der Waals surface area contributed by atoms with E-state index in [1.165, 1.54) is 11.1 Å². The van der Waals surface area contributed by atoms with Crippen LogP contribution in [0.25, 0.3) is 11.4 Å². The Morgan fingerprint density at radius 2 is 2.00 bits per heavy atom. The third-order valence-corrected chi connectivity index (χ3v) is 6.35. The van der Waals surface area contributed by atoms with Crippen LogP contribution in [0.4, 0.5) is 0 Å². The molecule has 3 aromatic rings. The van der Waals surface area contributed by atoms with Crippen molar-refractivity contribution in [1.82, 2.24) is 20.3 Å². The molecule has 1 N–H and O–H groups in total. The molecule has 0 fully saturated rings. The van der Waals surface area contributed by atoms with Gasteiger partial charge in [-0.2, -0.15) is 0 Å². The van der Waals surface area contributed by atoms with Gasteiger partial charge in [0.1, 0.15) is 5.75 Å². The number of amides is 1. The number of aryl methyl sites for hydroxylation is 2. The monoisotopic (exact) mass is 444 g/mol. The van der Waals surface area contributed by atoms with Crippen LogP contribution >= 0.6 is 0 Å². The average molecular weight is 445 g/mol. The standard InChI is InChI=1S/C27H32N4O2/c1-18-14-21(33-4)9-8-19(18)6-5-7-25(32)30-23-15-27(2,3)16-24-22(23)17-29-26(31-24)20-10-12-28-13-11-20/h8-14,17,23H,5-7,15-16H2,1-4H3,(H,30,32)/t23-/m1/s1. The maximum Gasteiger partial charge on any atom is 0.220 e. The van der Waals surface area contributed by atoms with Gasteiger partial charge < -0.3 is 10.1 Å². The Labute approximate surface area is 195 Å². The van der Waals surface area contributed by atoms with Gasteiger partial charge in [-0.1, -0.05) is 19.9 Å². The summed E-state index contributed by atoms with van der Waals surface area (Å²) in [6.07, 6.45) is 9.30. The van der Waals surface area contributed by atoms with Crippen LogP contribution < -0.4 is 10.1 Å². The van der Waals surface area contributed by atoms with E-state index >= 15 is 0 Å². The highest BCUT2D eigenvalue weighted by atomic mass is 16.5. The third kappa shape index (κ3) is 5.56. The number of nitrogens with one attached hydrogen (secondary N) is 1. The summed E-state index contributed by atoms with van der Waals surface area (Å²) in [5.74, 6) is 1.64. The van der Waals surface area contributed by atoms with E-state index in [0.717, 1.165) is 48.3 Å². The Hall–Kier alpha value is -3.28. The number of carbonyl (C=O) groups is 1. The normalized spacial score (nSPS) is 16.7. The number of hydrogen-bond acceptors (Lipinski definition) is 5. The van der Waals surface area contributed by atoms with Gasteiger partial charge >= 0.3 is 0 Å². The zero-order valence-corrected chi connectivity index (χ0v) is 19.9. The lowest BCUT2D eigenvalue weighted by Crippen LogP contribution is -2.37. The average Bonchev–Trinajstić information content (AvgIpc) is 2.79. The van der Waals surface area contributed by atoms with Crippen molar-refractivity contribution in [3.8, 4) is 17.1 Å². The van der Waals surface area contributed by atoms with Crippen molar-refractivity contribution < 1.29 is 9.53 Å². The molecule has 4 rings (SSSR count). The summed E-state index contributed by atoms with van der Waals surface area (Å²) in [5, 5.41) is 3.26. The van der Waals surface area contributed by atoms with Crippen molar-refractivity contribution in [2.75, 3.05) is 7.11 Å². The number of benzene rings is 1. The zero-order chi connectivity index (χ0) is 23.4. The minimum absolute atomic E-state index is 0.0506. The van der Waals surface area contributed by atoms with Crippen LogP contribution in [0.5, 0.6) is 5.75 Å². The lowest BCUT2D eigenvalue weighted by molar-refractivity contribution is -0.122. The summed E-state index contributed by atoms with van der Waals surface area (Å²) in [6.45, 7) is 6.55. The number of aromatic nitrogens is 3. The molecule has 2 aromatic heterocycles. The van der Waals surface area contributed by atoms with Crippen LogP contribution in [0, 0.1) is 12.3 Å². The van der Waals surface area contributed by atoms with Crippen molar-refractivity contribution in [3.63, 3.8) is 0 Å². The molecule has 1 atom stereocenters. The molecule has 0 unspecified atom stereocenters. The predicted molar refractivity (Wildman–Crippen MR) is 129 cm³/mol. The first kappa shape index (κ1) is 22.9. The second-order valence-electron chi connectivity index (χ2n) is 9.64. The molecule has 2 heterocycles. The van der Waals surface area contributed by atoms with Gasteiger partial charge in [-0.25, -0.2) is 9.97 Å². The summed E-state index contributed by atoms with van der Waals surface area (Å²) >= 11 is 0. The van der Waals surface area contributed by atoms with E-state index in [0.29, 0.717) is 12.2 Å². The first-order valence-corrected chi connectivity index (χ1v) is 11.5. The van der Waals surface area contributed by atoms with Crippen LogP contribution in [0.15, 0.2) is 48.9 Å². The van der Waals surface area contributed by atoms with Crippen molar-refractivity contribution in [3.05, 3.63) is 71.3 Å². The highest BCUT2D eigenvalue weighted by Gasteiger charge is 2.34. The SMILES string of the molecule is COc1ccc(CCCC(=O)N[C@@H]2CC(C)(C)Cc3nc(-c4ccncc4)ncc32)c(C)c1. The molecule has 1 aliphatic rings. The summed E-state index contributed by atoms with van der Waals surface area (Å²) in [7, 11) is 1.68. The minimum atomic E-state index is -0.0644. The van der Waals surface area contributed by atoms with E-state index < -0.39 is 0 Å². The van der Waals surface area contributed by atoms with E-state index in [1.807, 2.05) is 30.5 Å². The lowest BCUT2D eigenvalue weighted by Gasteiger charge is -2.36. The number of fused-ring (bicyclic) bond motifs is 1. The van der Waals surface area contributed by atoms with Crippen LogP contribution in [-0.2, 0) is 17.6 Å². The smallest absolute Gasteiger partial charge is 0.220 e. The molecule has 1 aliphatic carbocycles. The Bertz CT molecular complexity index is 1130. The fourth-order valence-electron chi connectivity index (χ4n) is 4.60. The van der Waals surface area contributed by atoms with Gasteiger partial charge in [0.05, 0.1) is 18.8 Å². The number of methoxy groups -OCH3 is 1. The maximum atomic E-state index is 12.8. The first-order chi connectivity index (χ1) is 15.8. The second-order valence-corrected chi connectivity index (χ2v) is 9.64. The van der Waals surface area contributed by atoms with Crippen molar-refractivity contribution >= 4 is 5.91 Å². The fraction of sp³-hybridized carbons (Fsp3) is 0.407. The second kappa shape index (κ2) is 9.69. The summed E-state index contributed by atoms with van der Waals surface area (Å²) in [6, 6.07) is 9.87. The Morgan fingerprint density at radius 3 is 2.73 bits per heavy atom. The van der Waals surface area contributed by atoms with E-state index in [9.17, 15) is 4.79 Å². The molecule has 1 amide bonds. The van der Waals surface area contributed by atoms with E-state index in [2.05, 4.69) is 42.1 Å². The molecule has 0 spiro atoms. The van der Waals surface area contributed by atoms with Gasteiger partial charge in [0.25, 0.3) is 0 Å². The molecule has 0 saturated heterocycles. The highest BCUT2D eigenvalue weighted by molar-refractivity contribution is 5.76. The van der Waals surface area contributed by atoms with Crippen LogP contribution in [0.1, 0.15) is 61.5 Å². The molecule has 0 bridgehead atoms. The van der Waals surface area contributed by atoms with Crippen molar-refractivity contribution in [2.45, 2.75) is 58.9 Å². The number of nitrogens with zero attached hydrogens (tertiary/aromatic N) is 3. The van der Waals surface area contributed by atoms with E-state index in [1.54, 1.807) is 19.5 Å². The number of pyridine rings is 1. The molecular formula is C27H32N4O2. The molecule has 0 aliphatic heterocycles. The minimum Gasteiger partial charge on any atom is -0.497 e. The molecule has 6 nitrogen and oxygen atoms in total. The summed E-state index contributed by atoms with van der Waals surface area (Å²) in [4.78, 5) is 26.3. The Morgan fingerprint density at radius 1 is 1.21 bits per heavy atom. The predicted octanol–water partition coefficient (Wildman–Crippen LogP) is 5.01. The first-order valence-electron chi connectivity index (χ1n) is 11.5. The van der Waals surface area contributed by atoms with Crippen molar-refractivity contribution in [1.29, 1.82) is 0 Å². The maximum absolute atomic E-state index is 12.8. The Kier molecular flexibility index (Phi) is 6.72. The molecule has 172 valence electrons. The van der Waals surface area contributed by atoms with Crippen LogP contribution in [0.3, 0.4) is 0 Å². The lowest BCUT2D eigenvalue weighted by atomic mass is 9.74. The summed E-state index contributed by atoms with van der Waals surface area (Å²) < 4.78 is 5.28. The van der Waals surface area contributed by atoms with Crippen LogP contribution in [0.2, 0.25) is 0 Å². The number of ether oxygens (including phenoxy) is 1. The third-order valence-electron chi connectivity index (χ3n) is 6.35. The number of hydrogen-bond donors (Lipinski definition) is 1. The van der Waals surface area contributed by atoms with Gasteiger partial charge in [0.2, 0.25) is 5.91 Å². The number of carbonyl (C=O) groups excluding carboxylic acids is 1. The molecule has 33 heavy (non-hydrogen) atoms. The fourth-order valence-corrected chi connectivity index (χ4v) is 4.60. The molecular weight excluding hydrogens is 412 g/mol.